The standard InChI is InChI=1S/C25H27N5O2/c1-28(13-14-29-11-5-6-12-29)25(31)21-16-23(19-8-3-2-4-9-19)27-24-22(21)17-26-30(24)18-20-10-7-15-32-20/h2-4,7-10,15-17H,5-6,11-14,18H2,1H3. The van der Waals surface area contributed by atoms with Crippen LogP contribution in [0.2, 0.25) is 0 Å². The molecule has 1 saturated heterocycles. The van der Waals surface area contributed by atoms with Crippen molar-refractivity contribution in [1.82, 2.24) is 24.6 Å². The van der Waals surface area contributed by atoms with Crippen molar-refractivity contribution in [2.45, 2.75) is 19.4 Å². The normalized spacial score (nSPS) is 14.3. The van der Waals surface area contributed by atoms with Crippen LogP contribution in [0.1, 0.15) is 29.0 Å². The molecule has 0 unspecified atom stereocenters. The third kappa shape index (κ3) is 4.16. The number of benzene rings is 1. The Morgan fingerprint density at radius 3 is 2.69 bits per heavy atom. The van der Waals surface area contributed by atoms with E-state index in [-0.39, 0.29) is 5.91 Å². The molecular formula is C25H27N5O2. The Morgan fingerprint density at radius 2 is 1.94 bits per heavy atom. The van der Waals surface area contributed by atoms with E-state index in [0.29, 0.717) is 24.3 Å². The summed E-state index contributed by atoms with van der Waals surface area (Å²) in [4.78, 5) is 22.6. The zero-order valence-electron chi connectivity index (χ0n) is 18.3. The lowest BCUT2D eigenvalue weighted by atomic mass is 10.1. The van der Waals surface area contributed by atoms with Crippen molar-refractivity contribution < 1.29 is 9.21 Å². The number of carbonyl (C=O) groups is 1. The first-order valence-electron chi connectivity index (χ1n) is 11.1. The van der Waals surface area contributed by atoms with Gasteiger partial charge in [-0.3, -0.25) is 4.79 Å². The van der Waals surface area contributed by atoms with Crippen LogP contribution in [0.15, 0.2) is 65.4 Å². The van der Waals surface area contributed by atoms with Gasteiger partial charge in [0.1, 0.15) is 12.3 Å². The molecule has 5 rings (SSSR count). The number of fused-ring (bicyclic) bond motifs is 1. The van der Waals surface area contributed by atoms with E-state index >= 15 is 0 Å². The summed E-state index contributed by atoms with van der Waals surface area (Å²) in [5.41, 5.74) is 3.03. The molecule has 0 saturated carbocycles. The van der Waals surface area contributed by atoms with Gasteiger partial charge >= 0.3 is 0 Å². The van der Waals surface area contributed by atoms with Crippen molar-refractivity contribution in [3.8, 4) is 11.3 Å². The first kappa shape index (κ1) is 20.5. The van der Waals surface area contributed by atoms with Crippen LogP contribution in [-0.4, -0.2) is 63.7 Å². The van der Waals surface area contributed by atoms with Gasteiger partial charge in [-0.1, -0.05) is 30.3 Å². The molecule has 0 atom stereocenters. The molecule has 1 aliphatic rings. The summed E-state index contributed by atoms with van der Waals surface area (Å²) in [6, 6.07) is 15.6. The fourth-order valence-electron chi connectivity index (χ4n) is 4.25. The Morgan fingerprint density at radius 1 is 1.12 bits per heavy atom. The molecule has 0 spiro atoms. The van der Waals surface area contributed by atoms with Crippen molar-refractivity contribution in [2.24, 2.45) is 0 Å². The summed E-state index contributed by atoms with van der Waals surface area (Å²) in [5.74, 6) is 0.781. The number of likely N-dealkylation sites (tertiary alicyclic amines) is 1. The number of nitrogens with zero attached hydrogens (tertiary/aromatic N) is 5. The smallest absolute Gasteiger partial charge is 0.254 e. The number of hydrogen-bond acceptors (Lipinski definition) is 5. The first-order valence-corrected chi connectivity index (χ1v) is 11.1. The molecule has 4 aromatic rings. The quantitative estimate of drug-likeness (QED) is 0.446. The number of aromatic nitrogens is 3. The van der Waals surface area contributed by atoms with Crippen molar-refractivity contribution in [2.75, 3.05) is 33.2 Å². The van der Waals surface area contributed by atoms with Gasteiger partial charge < -0.3 is 14.2 Å². The third-order valence-electron chi connectivity index (χ3n) is 6.09. The zero-order valence-corrected chi connectivity index (χ0v) is 18.3. The predicted octanol–water partition coefficient (Wildman–Crippen LogP) is 3.91. The molecule has 32 heavy (non-hydrogen) atoms. The van der Waals surface area contributed by atoms with E-state index in [9.17, 15) is 4.79 Å². The minimum atomic E-state index is -0.00803. The highest BCUT2D eigenvalue weighted by molar-refractivity contribution is 6.06. The van der Waals surface area contributed by atoms with Gasteiger partial charge in [0.15, 0.2) is 5.65 Å². The summed E-state index contributed by atoms with van der Waals surface area (Å²) in [7, 11) is 1.88. The summed E-state index contributed by atoms with van der Waals surface area (Å²) < 4.78 is 7.29. The lowest BCUT2D eigenvalue weighted by Gasteiger charge is -2.22. The van der Waals surface area contributed by atoms with Crippen LogP contribution in [-0.2, 0) is 6.54 Å². The highest BCUT2D eigenvalue weighted by Gasteiger charge is 2.21. The van der Waals surface area contributed by atoms with E-state index in [1.165, 1.54) is 12.8 Å². The largest absolute Gasteiger partial charge is 0.467 e. The molecule has 7 nitrogen and oxygen atoms in total. The Kier molecular flexibility index (Phi) is 5.73. The monoisotopic (exact) mass is 429 g/mol. The lowest BCUT2D eigenvalue weighted by molar-refractivity contribution is 0.0784. The number of furan rings is 1. The maximum atomic E-state index is 13.5. The van der Waals surface area contributed by atoms with E-state index < -0.39 is 0 Å². The summed E-state index contributed by atoms with van der Waals surface area (Å²) in [5, 5.41) is 5.29. The molecule has 1 aliphatic heterocycles. The Bertz CT molecular complexity index is 1190. The summed E-state index contributed by atoms with van der Waals surface area (Å²) in [6.07, 6.45) is 5.88. The van der Waals surface area contributed by atoms with Gasteiger partial charge in [0, 0.05) is 25.7 Å². The van der Waals surface area contributed by atoms with Crippen LogP contribution in [0.3, 0.4) is 0 Å². The number of hydrogen-bond donors (Lipinski definition) is 0. The fourth-order valence-corrected chi connectivity index (χ4v) is 4.25. The molecule has 1 aromatic carbocycles. The molecule has 1 amide bonds. The maximum Gasteiger partial charge on any atom is 0.254 e. The van der Waals surface area contributed by atoms with Crippen molar-refractivity contribution in [3.63, 3.8) is 0 Å². The van der Waals surface area contributed by atoms with Crippen LogP contribution in [0.4, 0.5) is 0 Å². The van der Waals surface area contributed by atoms with E-state index in [1.54, 1.807) is 17.1 Å². The molecule has 0 bridgehead atoms. The molecule has 1 fully saturated rings. The summed E-state index contributed by atoms with van der Waals surface area (Å²) >= 11 is 0. The second-order valence-electron chi connectivity index (χ2n) is 8.32. The number of amides is 1. The highest BCUT2D eigenvalue weighted by Crippen LogP contribution is 2.26. The minimum Gasteiger partial charge on any atom is -0.467 e. The molecule has 0 N–H and O–H groups in total. The van der Waals surface area contributed by atoms with Gasteiger partial charge in [-0.2, -0.15) is 5.10 Å². The predicted molar refractivity (Wildman–Crippen MR) is 123 cm³/mol. The molecule has 0 radical (unpaired) electrons. The van der Waals surface area contributed by atoms with Crippen molar-refractivity contribution in [3.05, 3.63) is 72.3 Å². The molecular weight excluding hydrogens is 402 g/mol. The number of pyridine rings is 1. The summed E-state index contributed by atoms with van der Waals surface area (Å²) in [6.45, 7) is 4.31. The van der Waals surface area contributed by atoms with Gasteiger partial charge in [-0.15, -0.1) is 0 Å². The fraction of sp³-hybridized carbons (Fsp3) is 0.320. The number of likely N-dealkylation sites (N-methyl/N-ethyl adjacent to an activating group) is 1. The lowest BCUT2D eigenvalue weighted by Crippen LogP contribution is -2.35. The molecule has 4 heterocycles. The van der Waals surface area contributed by atoms with Crippen LogP contribution in [0, 0.1) is 0 Å². The van der Waals surface area contributed by atoms with Crippen molar-refractivity contribution >= 4 is 16.9 Å². The molecule has 164 valence electrons. The number of carbonyl (C=O) groups excluding carboxylic acids is 1. The highest BCUT2D eigenvalue weighted by atomic mass is 16.3. The molecule has 3 aromatic heterocycles. The van der Waals surface area contributed by atoms with Gasteiger partial charge in [0.05, 0.1) is 29.1 Å². The number of rotatable bonds is 7. The van der Waals surface area contributed by atoms with Gasteiger partial charge in [0.25, 0.3) is 5.91 Å². The third-order valence-corrected chi connectivity index (χ3v) is 6.09. The van der Waals surface area contributed by atoms with E-state index in [4.69, 9.17) is 9.40 Å². The topological polar surface area (TPSA) is 67.4 Å². The van der Waals surface area contributed by atoms with Gasteiger partial charge in [0.2, 0.25) is 0 Å². The SMILES string of the molecule is CN(CCN1CCCC1)C(=O)c1cc(-c2ccccc2)nc2c1cnn2Cc1ccco1. The van der Waals surface area contributed by atoms with Gasteiger partial charge in [-0.25, -0.2) is 9.67 Å². The van der Waals surface area contributed by atoms with E-state index in [2.05, 4.69) is 10.00 Å². The first-order chi connectivity index (χ1) is 15.7. The zero-order chi connectivity index (χ0) is 21.9. The second-order valence-corrected chi connectivity index (χ2v) is 8.32. The Labute approximate surface area is 187 Å². The van der Waals surface area contributed by atoms with E-state index in [0.717, 1.165) is 42.0 Å². The Balaban J connectivity index is 1.51. The van der Waals surface area contributed by atoms with Crippen molar-refractivity contribution in [1.29, 1.82) is 0 Å². The molecule has 7 heteroatoms. The average Bonchev–Trinajstić information content (AvgIpc) is 3.60. The minimum absolute atomic E-state index is 0.00803. The average molecular weight is 430 g/mol. The maximum absolute atomic E-state index is 13.5. The second kappa shape index (κ2) is 8.96. The molecule has 0 aliphatic carbocycles. The van der Waals surface area contributed by atoms with Crippen LogP contribution < -0.4 is 0 Å². The Hall–Kier alpha value is -3.45. The van der Waals surface area contributed by atoms with Crippen LogP contribution in [0.25, 0.3) is 22.3 Å². The van der Waals surface area contributed by atoms with Crippen LogP contribution in [0.5, 0.6) is 0 Å². The van der Waals surface area contributed by atoms with Crippen LogP contribution >= 0.6 is 0 Å². The van der Waals surface area contributed by atoms with Gasteiger partial charge in [-0.05, 0) is 44.1 Å². The van der Waals surface area contributed by atoms with E-state index in [1.807, 2.05) is 60.5 Å².